The summed E-state index contributed by atoms with van der Waals surface area (Å²) in [5.74, 6) is 0.0213. The summed E-state index contributed by atoms with van der Waals surface area (Å²) in [7, 11) is -3.49. The number of rotatable bonds is 3. The second-order valence-corrected chi connectivity index (χ2v) is 6.67. The SMILES string of the molecule is CC1(CCl)CC(S(=O)(=O)Cc2ccccn2)=NO1. The zero-order chi connectivity index (χ0) is 13.2. The van der Waals surface area contributed by atoms with Crippen molar-refractivity contribution in [2.75, 3.05) is 5.88 Å². The fourth-order valence-corrected chi connectivity index (χ4v) is 3.09. The molecule has 1 unspecified atom stereocenters. The Kier molecular flexibility index (Phi) is 3.59. The second kappa shape index (κ2) is 4.85. The molecule has 1 aromatic heterocycles. The Hall–Kier alpha value is -1.14. The van der Waals surface area contributed by atoms with Crippen LogP contribution in [0.5, 0.6) is 0 Å². The first-order chi connectivity index (χ1) is 8.45. The third-order valence-corrected chi connectivity index (χ3v) is 4.78. The van der Waals surface area contributed by atoms with Gasteiger partial charge in [0.15, 0.2) is 10.6 Å². The molecule has 1 aliphatic rings. The van der Waals surface area contributed by atoms with E-state index in [1.54, 1.807) is 31.3 Å². The molecule has 0 N–H and O–H groups in total. The van der Waals surface area contributed by atoms with E-state index >= 15 is 0 Å². The van der Waals surface area contributed by atoms with Crippen molar-refractivity contribution in [1.82, 2.24) is 4.98 Å². The normalized spacial score (nSPS) is 23.6. The number of aromatic nitrogens is 1. The summed E-state index contributed by atoms with van der Waals surface area (Å²) in [6.07, 6.45) is 1.76. The molecule has 1 aromatic rings. The summed E-state index contributed by atoms with van der Waals surface area (Å²) in [6.45, 7) is 1.73. The van der Waals surface area contributed by atoms with Gasteiger partial charge in [-0.2, -0.15) is 0 Å². The highest BCUT2D eigenvalue weighted by molar-refractivity contribution is 8.05. The van der Waals surface area contributed by atoms with E-state index in [-0.39, 0.29) is 23.1 Å². The van der Waals surface area contributed by atoms with Gasteiger partial charge in [0.1, 0.15) is 0 Å². The Labute approximate surface area is 111 Å². The van der Waals surface area contributed by atoms with E-state index in [9.17, 15) is 8.42 Å². The first-order valence-corrected chi connectivity index (χ1v) is 7.58. The fraction of sp³-hybridized carbons (Fsp3) is 0.455. The van der Waals surface area contributed by atoms with Gasteiger partial charge in [-0.3, -0.25) is 4.98 Å². The Morgan fingerprint density at radius 2 is 2.28 bits per heavy atom. The molecule has 0 amide bonds. The van der Waals surface area contributed by atoms with Crippen LogP contribution in [0.15, 0.2) is 29.6 Å². The highest BCUT2D eigenvalue weighted by Crippen LogP contribution is 2.27. The molecule has 0 fully saturated rings. The van der Waals surface area contributed by atoms with Gasteiger partial charge in [0.25, 0.3) is 0 Å². The molecule has 0 radical (unpaired) electrons. The number of sulfone groups is 1. The predicted molar refractivity (Wildman–Crippen MR) is 69.1 cm³/mol. The van der Waals surface area contributed by atoms with Crippen LogP contribution in [-0.2, 0) is 20.4 Å². The van der Waals surface area contributed by atoms with E-state index in [1.807, 2.05) is 0 Å². The number of oxime groups is 1. The van der Waals surface area contributed by atoms with Crippen LogP contribution < -0.4 is 0 Å². The van der Waals surface area contributed by atoms with Crippen LogP contribution in [0.25, 0.3) is 0 Å². The molecule has 5 nitrogen and oxygen atoms in total. The minimum atomic E-state index is -3.49. The number of pyridine rings is 1. The van der Waals surface area contributed by atoms with Gasteiger partial charge in [0.2, 0.25) is 9.84 Å². The van der Waals surface area contributed by atoms with Gasteiger partial charge < -0.3 is 4.84 Å². The molecule has 2 heterocycles. The topological polar surface area (TPSA) is 68.6 Å². The molecular weight excluding hydrogens is 276 g/mol. The molecule has 0 bridgehead atoms. The summed E-state index contributed by atoms with van der Waals surface area (Å²) < 4.78 is 24.2. The summed E-state index contributed by atoms with van der Waals surface area (Å²) >= 11 is 5.72. The van der Waals surface area contributed by atoms with E-state index in [2.05, 4.69) is 10.1 Å². The first kappa shape index (κ1) is 13.3. The van der Waals surface area contributed by atoms with Gasteiger partial charge in [-0.1, -0.05) is 11.2 Å². The van der Waals surface area contributed by atoms with Crippen molar-refractivity contribution in [3.8, 4) is 0 Å². The van der Waals surface area contributed by atoms with Crippen LogP contribution in [0, 0.1) is 0 Å². The summed E-state index contributed by atoms with van der Waals surface area (Å²) in [5, 5.41) is 3.68. The monoisotopic (exact) mass is 288 g/mol. The fourth-order valence-electron chi connectivity index (χ4n) is 1.55. The smallest absolute Gasteiger partial charge is 0.200 e. The summed E-state index contributed by atoms with van der Waals surface area (Å²) in [4.78, 5) is 9.07. The van der Waals surface area contributed by atoms with E-state index in [0.29, 0.717) is 5.69 Å². The van der Waals surface area contributed by atoms with Crippen LogP contribution in [0.3, 0.4) is 0 Å². The molecule has 98 valence electrons. The highest BCUT2D eigenvalue weighted by atomic mass is 35.5. The van der Waals surface area contributed by atoms with Crippen molar-refractivity contribution >= 4 is 26.5 Å². The lowest BCUT2D eigenvalue weighted by Crippen LogP contribution is -2.28. The predicted octanol–water partition coefficient (Wildman–Crippen LogP) is 1.73. The molecule has 0 saturated carbocycles. The largest absolute Gasteiger partial charge is 0.387 e. The van der Waals surface area contributed by atoms with Crippen molar-refractivity contribution in [2.24, 2.45) is 5.16 Å². The molecular formula is C11H13ClN2O3S. The summed E-state index contributed by atoms with van der Waals surface area (Å²) in [6, 6.07) is 5.14. The molecule has 1 aliphatic heterocycles. The second-order valence-electron chi connectivity index (χ2n) is 4.42. The van der Waals surface area contributed by atoms with Crippen LogP contribution in [-0.4, -0.2) is 29.9 Å². The lowest BCUT2D eigenvalue weighted by molar-refractivity contribution is 0.0152. The number of alkyl halides is 1. The quantitative estimate of drug-likeness (QED) is 0.794. The van der Waals surface area contributed by atoms with Crippen LogP contribution in [0.2, 0.25) is 0 Å². The number of halogens is 1. The van der Waals surface area contributed by atoms with Crippen molar-refractivity contribution in [2.45, 2.75) is 24.7 Å². The lowest BCUT2D eigenvalue weighted by Gasteiger charge is -2.16. The Balaban J connectivity index is 2.14. The maximum absolute atomic E-state index is 12.1. The third kappa shape index (κ3) is 2.81. The van der Waals surface area contributed by atoms with Crippen molar-refractivity contribution < 1.29 is 13.3 Å². The standard InChI is InChI=1S/C11H13ClN2O3S/c1-11(8-12)6-10(14-17-11)18(15,16)7-9-4-2-3-5-13-9/h2-5H,6-8H2,1H3. The number of nitrogens with zero attached hydrogens (tertiary/aromatic N) is 2. The lowest BCUT2D eigenvalue weighted by atomic mass is 10.1. The minimum Gasteiger partial charge on any atom is -0.387 e. The minimum absolute atomic E-state index is 0.0382. The molecule has 0 spiro atoms. The molecule has 1 atom stereocenters. The average molecular weight is 289 g/mol. The maximum atomic E-state index is 12.1. The van der Waals surface area contributed by atoms with Gasteiger partial charge in [0.05, 0.1) is 17.3 Å². The van der Waals surface area contributed by atoms with Crippen LogP contribution in [0.4, 0.5) is 0 Å². The highest BCUT2D eigenvalue weighted by Gasteiger charge is 2.39. The molecule has 0 aromatic carbocycles. The Morgan fingerprint density at radius 3 is 2.83 bits per heavy atom. The van der Waals surface area contributed by atoms with Crippen molar-refractivity contribution in [1.29, 1.82) is 0 Å². The van der Waals surface area contributed by atoms with E-state index < -0.39 is 15.4 Å². The first-order valence-electron chi connectivity index (χ1n) is 5.39. The summed E-state index contributed by atoms with van der Waals surface area (Å²) in [5.41, 5.74) is -0.242. The molecule has 18 heavy (non-hydrogen) atoms. The van der Waals surface area contributed by atoms with Gasteiger partial charge in [0, 0.05) is 12.6 Å². The zero-order valence-electron chi connectivity index (χ0n) is 9.84. The van der Waals surface area contributed by atoms with Crippen molar-refractivity contribution in [3.63, 3.8) is 0 Å². The van der Waals surface area contributed by atoms with Crippen LogP contribution in [0.1, 0.15) is 19.0 Å². The molecule has 0 saturated heterocycles. The maximum Gasteiger partial charge on any atom is 0.200 e. The average Bonchev–Trinajstić information content (AvgIpc) is 2.74. The van der Waals surface area contributed by atoms with Crippen LogP contribution >= 0.6 is 11.6 Å². The number of hydrogen-bond donors (Lipinski definition) is 0. The molecule has 2 rings (SSSR count). The van der Waals surface area contributed by atoms with E-state index in [4.69, 9.17) is 16.4 Å². The van der Waals surface area contributed by atoms with Gasteiger partial charge in [-0.15, -0.1) is 11.6 Å². The molecule has 7 heteroatoms. The van der Waals surface area contributed by atoms with Crippen molar-refractivity contribution in [3.05, 3.63) is 30.1 Å². The third-order valence-electron chi connectivity index (χ3n) is 2.60. The van der Waals surface area contributed by atoms with Gasteiger partial charge in [-0.25, -0.2) is 8.42 Å². The zero-order valence-corrected chi connectivity index (χ0v) is 11.4. The Morgan fingerprint density at radius 1 is 1.50 bits per heavy atom. The Bertz CT molecular complexity index is 559. The van der Waals surface area contributed by atoms with Gasteiger partial charge in [-0.05, 0) is 19.1 Å². The van der Waals surface area contributed by atoms with E-state index in [0.717, 1.165) is 0 Å². The molecule has 0 aliphatic carbocycles. The number of hydrogen-bond acceptors (Lipinski definition) is 5. The van der Waals surface area contributed by atoms with E-state index in [1.165, 1.54) is 0 Å². The van der Waals surface area contributed by atoms with Gasteiger partial charge >= 0.3 is 0 Å².